The fourth-order valence-electron chi connectivity index (χ4n) is 2.03. The summed E-state index contributed by atoms with van der Waals surface area (Å²) in [6, 6.07) is 7.63. The first-order valence-electron chi connectivity index (χ1n) is 5.87. The van der Waals surface area contributed by atoms with Crippen molar-refractivity contribution < 1.29 is 4.79 Å². The molecule has 1 amide bonds. The molecule has 18 heavy (non-hydrogen) atoms. The van der Waals surface area contributed by atoms with Gasteiger partial charge < -0.3 is 10.6 Å². The number of thioether (sulfide) groups is 1. The highest BCUT2D eigenvalue weighted by molar-refractivity contribution is 7.98. The van der Waals surface area contributed by atoms with Crippen molar-refractivity contribution in [2.45, 2.75) is 23.8 Å². The summed E-state index contributed by atoms with van der Waals surface area (Å²) in [5, 5.41) is 15.2. The number of nitriles is 1. The summed E-state index contributed by atoms with van der Waals surface area (Å²) in [6.45, 7) is 0.743. The van der Waals surface area contributed by atoms with E-state index in [0.717, 1.165) is 30.0 Å². The maximum atomic E-state index is 11.7. The zero-order chi connectivity index (χ0) is 13.0. The van der Waals surface area contributed by atoms with Crippen molar-refractivity contribution >= 4 is 23.4 Å². The maximum absolute atomic E-state index is 11.7. The zero-order valence-corrected chi connectivity index (χ0v) is 11.0. The van der Waals surface area contributed by atoms with Crippen molar-refractivity contribution in [3.8, 4) is 6.07 Å². The fourth-order valence-corrected chi connectivity index (χ4v) is 2.61. The lowest BCUT2D eigenvalue weighted by molar-refractivity contribution is -0.123. The molecule has 1 aliphatic heterocycles. The molecule has 0 saturated carbocycles. The summed E-state index contributed by atoms with van der Waals surface area (Å²) < 4.78 is 0. The number of hydrogen-bond acceptors (Lipinski definition) is 4. The molecule has 1 fully saturated rings. The van der Waals surface area contributed by atoms with Crippen LogP contribution in [0.15, 0.2) is 23.1 Å². The molecule has 0 bridgehead atoms. The highest BCUT2D eigenvalue weighted by Crippen LogP contribution is 2.27. The molecule has 1 saturated heterocycles. The Morgan fingerprint density at radius 1 is 1.56 bits per heavy atom. The number of carbonyl (C=O) groups is 1. The monoisotopic (exact) mass is 261 g/mol. The van der Waals surface area contributed by atoms with Crippen molar-refractivity contribution in [3.05, 3.63) is 23.8 Å². The van der Waals surface area contributed by atoms with Gasteiger partial charge in [-0.1, -0.05) is 6.07 Å². The molecule has 2 N–H and O–H groups in total. The van der Waals surface area contributed by atoms with Gasteiger partial charge in [-0.05, 0) is 31.2 Å². The Labute approximate surface area is 111 Å². The van der Waals surface area contributed by atoms with Crippen LogP contribution in [0.3, 0.4) is 0 Å². The van der Waals surface area contributed by atoms with E-state index in [1.807, 2.05) is 24.5 Å². The summed E-state index contributed by atoms with van der Waals surface area (Å²) in [5.74, 6) is 0.0136. The lowest BCUT2D eigenvalue weighted by Crippen LogP contribution is -2.44. The molecule has 1 aromatic carbocycles. The van der Waals surface area contributed by atoms with Crippen LogP contribution in [0.1, 0.15) is 18.4 Å². The van der Waals surface area contributed by atoms with E-state index >= 15 is 0 Å². The average Bonchev–Trinajstić information content (AvgIpc) is 2.41. The van der Waals surface area contributed by atoms with Crippen LogP contribution in [0.4, 0.5) is 5.69 Å². The molecule has 4 nitrogen and oxygen atoms in total. The summed E-state index contributed by atoms with van der Waals surface area (Å²) in [5.41, 5.74) is 1.36. The molecule has 1 aliphatic rings. The van der Waals surface area contributed by atoms with Gasteiger partial charge in [-0.3, -0.25) is 4.79 Å². The van der Waals surface area contributed by atoms with Crippen molar-refractivity contribution in [2.75, 3.05) is 18.1 Å². The molecule has 1 heterocycles. The second kappa shape index (κ2) is 5.78. The fraction of sp³-hybridized carbons (Fsp3) is 0.385. The second-order valence-corrected chi connectivity index (χ2v) is 4.97. The molecule has 2 rings (SSSR count). The normalized spacial score (nSPS) is 18.9. The molecule has 0 aromatic heterocycles. The van der Waals surface area contributed by atoms with E-state index in [4.69, 9.17) is 0 Å². The number of hydrogen-bond donors (Lipinski definition) is 2. The Hall–Kier alpha value is -1.67. The summed E-state index contributed by atoms with van der Waals surface area (Å²) in [7, 11) is 0. The SMILES string of the molecule is CSc1cccc(NC2CCCNC2=O)c1C#N. The van der Waals surface area contributed by atoms with Crippen LogP contribution in [0.2, 0.25) is 0 Å². The molecular formula is C13H15N3OS. The number of carbonyl (C=O) groups excluding carboxylic acids is 1. The largest absolute Gasteiger partial charge is 0.373 e. The van der Waals surface area contributed by atoms with Gasteiger partial charge in [-0.25, -0.2) is 0 Å². The molecule has 0 spiro atoms. The predicted octanol–water partition coefficient (Wildman–Crippen LogP) is 1.97. The van der Waals surface area contributed by atoms with Crippen molar-refractivity contribution in [3.63, 3.8) is 0 Å². The lowest BCUT2D eigenvalue weighted by Gasteiger charge is -2.24. The van der Waals surface area contributed by atoms with E-state index in [-0.39, 0.29) is 11.9 Å². The lowest BCUT2D eigenvalue weighted by atomic mass is 10.1. The first-order chi connectivity index (χ1) is 8.76. The topological polar surface area (TPSA) is 64.9 Å². The number of nitrogens with zero attached hydrogens (tertiary/aromatic N) is 1. The number of piperidine rings is 1. The summed E-state index contributed by atoms with van der Waals surface area (Å²) in [6.07, 6.45) is 3.71. The van der Waals surface area contributed by atoms with Gasteiger partial charge in [-0.2, -0.15) is 5.26 Å². The number of nitrogens with one attached hydrogen (secondary N) is 2. The summed E-state index contributed by atoms with van der Waals surface area (Å²) in [4.78, 5) is 12.6. The maximum Gasteiger partial charge on any atom is 0.242 e. The molecule has 5 heteroatoms. The molecule has 1 aromatic rings. The third-order valence-electron chi connectivity index (χ3n) is 2.97. The predicted molar refractivity (Wildman–Crippen MR) is 72.6 cm³/mol. The quantitative estimate of drug-likeness (QED) is 0.816. The number of amides is 1. The first kappa shape index (κ1) is 12.8. The van der Waals surface area contributed by atoms with Crippen LogP contribution in [0.5, 0.6) is 0 Å². The van der Waals surface area contributed by atoms with Crippen LogP contribution in [-0.4, -0.2) is 24.7 Å². The molecule has 0 radical (unpaired) electrons. The van der Waals surface area contributed by atoms with E-state index < -0.39 is 0 Å². The Morgan fingerprint density at radius 2 is 2.39 bits per heavy atom. The standard InChI is InChI=1S/C13H15N3OS/c1-18-12-6-2-4-10(9(12)8-14)16-11-5-3-7-15-13(11)17/h2,4,6,11,16H,3,5,7H2,1H3,(H,15,17). The Kier molecular flexibility index (Phi) is 4.11. The van der Waals surface area contributed by atoms with Crippen LogP contribution < -0.4 is 10.6 Å². The van der Waals surface area contributed by atoms with Gasteiger partial charge in [0.05, 0.1) is 11.3 Å². The van der Waals surface area contributed by atoms with E-state index in [2.05, 4.69) is 16.7 Å². The molecule has 1 atom stereocenters. The van der Waals surface area contributed by atoms with E-state index in [0.29, 0.717) is 5.56 Å². The van der Waals surface area contributed by atoms with Gasteiger partial charge in [0.25, 0.3) is 0 Å². The van der Waals surface area contributed by atoms with Crippen LogP contribution in [-0.2, 0) is 4.79 Å². The first-order valence-corrected chi connectivity index (χ1v) is 7.10. The van der Waals surface area contributed by atoms with Gasteiger partial charge in [0.1, 0.15) is 12.1 Å². The highest BCUT2D eigenvalue weighted by Gasteiger charge is 2.22. The zero-order valence-electron chi connectivity index (χ0n) is 10.2. The van der Waals surface area contributed by atoms with E-state index in [1.165, 1.54) is 11.8 Å². The Balaban J connectivity index is 2.23. The Bertz CT molecular complexity index is 495. The minimum atomic E-state index is -0.233. The van der Waals surface area contributed by atoms with Crippen molar-refractivity contribution in [1.29, 1.82) is 5.26 Å². The highest BCUT2D eigenvalue weighted by atomic mass is 32.2. The third-order valence-corrected chi connectivity index (χ3v) is 3.75. The molecule has 94 valence electrons. The second-order valence-electron chi connectivity index (χ2n) is 4.12. The van der Waals surface area contributed by atoms with Crippen molar-refractivity contribution in [2.24, 2.45) is 0 Å². The number of anilines is 1. The Morgan fingerprint density at radius 3 is 3.06 bits per heavy atom. The van der Waals surface area contributed by atoms with Gasteiger partial charge in [0.15, 0.2) is 0 Å². The number of benzene rings is 1. The number of rotatable bonds is 3. The smallest absolute Gasteiger partial charge is 0.242 e. The molecular weight excluding hydrogens is 246 g/mol. The average molecular weight is 261 g/mol. The molecule has 0 aliphatic carbocycles. The summed E-state index contributed by atoms with van der Waals surface area (Å²) >= 11 is 1.53. The van der Waals surface area contributed by atoms with Gasteiger partial charge in [0.2, 0.25) is 5.91 Å². The molecule has 1 unspecified atom stereocenters. The van der Waals surface area contributed by atoms with Gasteiger partial charge in [0, 0.05) is 11.4 Å². The van der Waals surface area contributed by atoms with Gasteiger partial charge >= 0.3 is 0 Å². The van der Waals surface area contributed by atoms with E-state index in [1.54, 1.807) is 0 Å². The van der Waals surface area contributed by atoms with Crippen LogP contribution in [0, 0.1) is 11.3 Å². The van der Waals surface area contributed by atoms with Gasteiger partial charge in [-0.15, -0.1) is 11.8 Å². The minimum Gasteiger partial charge on any atom is -0.373 e. The minimum absolute atomic E-state index is 0.0136. The van der Waals surface area contributed by atoms with E-state index in [9.17, 15) is 10.1 Å². The van der Waals surface area contributed by atoms with Crippen LogP contribution >= 0.6 is 11.8 Å². The third kappa shape index (κ3) is 2.59. The van der Waals surface area contributed by atoms with Crippen LogP contribution in [0.25, 0.3) is 0 Å². The van der Waals surface area contributed by atoms with Crippen molar-refractivity contribution in [1.82, 2.24) is 5.32 Å².